The molecule has 0 fully saturated rings. The van der Waals surface area contributed by atoms with Crippen LogP contribution in [0, 0.1) is 0 Å². The monoisotopic (exact) mass is 686 g/mol. The molecule has 3 rings (SSSR count). The molecule has 0 saturated carbocycles. The lowest BCUT2D eigenvalue weighted by Crippen LogP contribution is -2.61. The second-order valence-electron chi connectivity index (χ2n) is 12.0. The quantitative estimate of drug-likeness (QED) is 0.151. The van der Waals surface area contributed by atoms with Crippen LogP contribution in [-0.4, -0.2) is 83.8 Å². The summed E-state index contributed by atoms with van der Waals surface area (Å²) in [5.41, 5.74) is 0.282. The van der Waals surface area contributed by atoms with Crippen molar-refractivity contribution in [2.75, 3.05) is 49.8 Å². The lowest BCUT2D eigenvalue weighted by atomic mass is 10.4. The molecule has 0 radical (unpaired) electrons. The van der Waals surface area contributed by atoms with E-state index in [1.165, 1.54) is 0 Å². The van der Waals surface area contributed by atoms with Gasteiger partial charge in [-0.25, -0.2) is 0 Å². The van der Waals surface area contributed by atoms with E-state index in [2.05, 4.69) is 93.6 Å². The highest BCUT2D eigenvalue weighted by Crippen LogP contribution is 2.45. The average molecular weight is 687 g/mol. The summed E-state index contributed by atoms with van der Waals surface area (Å²) in [6.45, 7) is 6.81. The van der Waals surface area contributed by atoms with Gasteiger partial charge in [0.1, 0.15) is 0 Å². The first-order valence-electron chi connectivity index (χ1n) is 15.7. The van der Waals surface area contributed by atoms with Gasteiger partial charge >= 0.3 is 25.7 Å². The Balaban J connectivity index is 2.15. The van der Waals surface area contributed by atoms with E-state index in [9.17, 15) is 0 Å². The molecule has 0 N–H and O–H groups in total. The van der Waals surface area contributed by atoms with Crippen LogP contribution in [0.5, 0.6) is 0 Å². The first-order chi connectivity index (χ1) is 21.6. The highest BCUT2D eigenvalue weighted by molar-refractivity contribution is 6.88. The molecule has 45 heavy (non-hydrogen) atoms. The van der Waals surface area contributed by atoms with E-state index < -0.39 is 34.0 Å². The second-order valence-corrected chi connectivity index (χ2v) is 27.2. The van der Waals surface area contributed by atoms with Crippen LogP contribution < -0.4 is 15.6 Å². The Kier molecular flexibility index (Phi) is 14.1. The van der Waals surface area contributed by atoms with Gasteiger partial charge in [0.05, 0.1) is 0 Å². The van der Waals surface area contributed by atoms with Crippen LogP contribution in [0.15, 0.2) is 91.0 Å². The molecule has 0 aliphatic heterocycles. The molecule has 3 aromatic carbocycles. The van der Waals surface area contributed by atoms with Gasteiger partial charge in [0.25, 0.3) is 0 Å². The summed E-state index contributed by atoms with van der Waals surface area (Å²) in [6.07, 6.45) is 0. The topological polar surface area (TPSA) is 64.6 Å². The Morgan fingerprint density at radius 2 is 0.600 bits per heavy atom. The molecule has 3 aromatic rings. The van der Waals surface area contributed by atoms with E-state index in [0.29, 0.717) is 0 Å². The summed E-state index contributed by atoms with van der Waals surface area (Å²) in [7, 11) is 1.38. The van der Waals surface area contributed by atoms with Gasteiger partial charge in [0.2, 0.25) is 0 Å². The second kappa shape index (κ2) is 16.9. The molecular weight excluding hydrogens is 633 g/mol. The lowest BCUT2D eigenvalue weighted by molar-refractivity contribution is 0.242. The van der Waals surface area contributed by atoms with Crippen molar-refractivity contribution < 1.29 is 31.0 Å². The minimum absolute atomic E-state index is 0.0941. The predicted octanol–water partition coefficient (Wildman–Crippen LogP) is 5.68. The van der Waals surface area contributed by atoms with Crippen molar-refractivity contribution in [3.63, 3.8) is 0 Å². The van der Waals surface area contributed by atoms with Crippen LogP contribution in [0.25, 0.3) is 0 Å². The SMILES string of the molecule is CO[Si](CC(C)[Si](OC)(OC)c1ccccc1)(CC(C)[Si](OC)(OC)c1ccccc1)CC(C)[Si](OC)(OC)c1ccccc1. The van der Waals surface area contributed by atoms with Crippen molar-refractivity contribution in [1.29, 1.82) is 0 Å². The van der Waals surface area contributed by atoms with E-state index >= 15 is 0 Å². The molecular formula is C34H54O7Si4. The molecule has 0 aromatic heterocycles. The molecule has 0 aliphatic carbocycles. The van der Waals surface area contributed by atoms with Crippen molar-refractivity contribution in [2.45, 2.75) is 55.5 Å². The van der Waals surface area contributed by atoms with E-state index in [4.69, 9.17) is 31.0 Å². The van der Waals surface area contributed by atoms with Crippen molar-refractivity contribution >= 4 is 49.6 Å². The highest BCUT2D eigenvalue weighted by Gasteiger charge is 2.56. The number of rotatable bonds is 19. The van der Waals surface area contributed by atoms with Gasteiger partial charge in [0, 0.05) is 66.4 Å². The number of benzene rings is 3. The molecule has 0 aliphatic rings. The molecule has 0 amide bonds. The Labute approximate surface area is 276 Å². The van der Waals surface area contributed by atoms with Crippen LogP contribution in [0.4, 0.5) is 0 Å². The van der Waals surface area contributed by atoms with Gasteiger partial charge < -0.3 is 31.0 Å². The van der Waals surface area contributed by atoms with E-state index in [1.54, 1.807) is 42.7 Å². The molecule has 248 valence electrons. The first kappa shape index (κ1) is 37.7. The van der Waals surface area contributed by atoms with E-state index in [1.807, 2.05) is 25.3 Å². The zero-order valence-electron chi connectivity index (χ0n) is 28.9. The highest BCUT2D eigenvalue weighted by atomic mass is 28.4. The maximum atomic E-state index is 6.88. The van der Waals surface area contributed by atoms with Crippen molar-refractivity contribution in [1.82, 2.24) is 0 Å². The zero-order chi connectivity index (χ0) is 33.1. The summed E-state index contributed by atoms with van der Waals surface area (Å²) in [5, 5.41) is 3.35. The Morgan fingerprint density at radius 1 is 0.378 bits per heavy atom. The van der Waals surface area contributed by atoms with E-state index in [-0.39, 0.29) is 16.6 Å². The molecule has 0 spiro atoms. The maximum absolute atomic E-state index is 6.88. The van der Waals surface area contributed by atoms with E-state index in [0.717, 1.165) is 33.7 Å². The fourth-order valence-electron chi connectivity index (χ4n) is 7.61. The fraction of sp³-hybridized carbons (Fsp3) is 0.471. The normalized spacial score (nSPS) is 16.1. The van der Waals surface area contributed by atoms with Crippen molar-refractivity contribution in [3.05, 3.63) is 91.0 Å². The largest absolute Gasteiger partial charge is 0.420 e. The lowest BCUT2D eigenvalue weighted by Gasteiger charge is -2.44. The van der Waals surface area contributed by atoms with Crippen molar-refractivity contribution in [2.24, 2.45) is 0 Å². The molecule has 7 nitrogen and oxygen atoms in total. The van der Waals surface area contributed by atoms with Gasteiger partial charge in [-0.15, -0.1) is 0 Å². The zero-order valence-corrected chi connectivity index (χ0v) is 32.9. The Hall–Kier alpha value is -1.75. The summed E-state index contributed by atoms with van der Waals surface area (Å²) < 4.78 is 45.3. The average Bonchev–Trinajstić information content (AvgIpc) is 3.08. The minimum atomic E-state index is -2.85. The van der Waals surface area contributed by atoms with Crippen molar-refractivity contribution in [3.8, 4) is 0 Å². The molecule has 0 saturated heterocycles. The Bertz CT molecular complexity index is 1100. The van der Waals surface area contributed by atoms with Gasteiger partial charge in [-0.05, 0) is 33.7 Å². The molecule has 3 atom stereocenters. The van der Waals surface area contributed by atoms with Gasteiger partial charge in [-0.3, -0.25) is 0 Å². The van der Waals surface area contributed by atoms with Gasteiger partial charge in [0.15, 0.2) is 8.32 Å². The molecule has 11 heteroatoms. The molecule has 3 unspecified atom stereocenters. The van der Waals surface area contributed by atoms with Crippen LogP contribution in [-0.2, 0) is 31.0 Å². The molecule has 0 bridgehead atoms. The third-order valence-electron chi connectivity index (χ3n) is 9.76. The summed E-state index contributed by atoms with van der Waals surface area (Å²) >= 11 is 0. The smallest absolute Gasteiger partial charge is 0.374 e. The van der Waals surface area contributed by atoms with Crippen LogP contribution in [0.1, 0.15) is 20.8 Å². The van der Waals surface area contributed by atoms with Crippen LogP contribution in [0.3, 0.4) is 0 Å². The minimum Gasteiger partial charge on any atom is -0.420 e. The standard InChI is InChI=1S/C34H54O7Si4/c1-29(43(36-5,37-6)32-20-14-11-15-21-32)26-42(35-4,27-30(2)44(38-7,39-8)33-22-16-12-17-23-33)28-31(3)45(40-9,41-10)34-24-18-13-19-25-34/h11-25,29-31H,26-28H2,1-10H3. The summed E-state index contributed by atoms with van der Waals surface area (Å²) in [5.74, 6) is 0. The third-order valence-corrected chi connectivity index (χ3v) is 27.5. The summed E-state index contributed by atoms with van der Waals surface area (Å²) in [6, 6.07) is 33.7. The predicted molar refractivity (Wildman–Crippen MR) is 193 cm³/mol. The Morgan fingerprint density at radius 3 is 0.778 bits per heavy atom. The summed E-state index contributed by atoms with van der Waals surface area (Å²) in [4.78, 5) is 0. The fourth-order valence-corrected chi connectivity index (χ4v) is 26.5. The first-order valence-corrected chi connectivity index (χ1v) is 23.9. The maximum Gasteiger partial charge on any atom is 0.374 e. The van der Waals surface area contributed by atoms with Crippen LogP contribution >= 0.6 is 0 Å². The van der Waals surface area contributed by atoms with Gasteiger partial charge in [-0.2, -0.15) is 0 Å². The number of hydrogen-bond donors (Lipinski definition) is 0. The molecule has 0 heterocycles. The van der Waals surface area contributed by atoms with Crippen LogP contribution in [0.2, 0.25) is 34.8 Å². The van der Waals surface area contributed by atoms with Gasteiger partial charge in [-0.1, -0.05) is 112 Å². The third kappa shape index (κ3) is 7.70. The number of hydrogen-bond acceptors (Lipinski definition) is 7.